The number of benzene rings is 1. The molecule has 0 unspecified atom stereocenters. The molecule has 0 saturated carbocycles. The van der Waals surface area contributed by atoms with Crippen LogP contribution in [0.5, 0.6) is 17.2 Å². The molecule has 2 aromatic rings. The monoisotopic (exact) mass is 375 g/mol. The van der Waals surface area contributed by atoms with Crippen LogP contribution in [0.4, 0.5) is 0 Å². The van der Waals surface area contributed by atoms with E-state index < -0.39 is 18.5 Å². The molecule has 1 amide bonds. The Morgan fingerprint density at radius 2 is 1.67 bits per heavy atom. The van der Waals surface area contributed by atoms with Crippen molar-refractivity contribution in [1.82, 2.24) is 15.3 Å². The fourth-order valence-corrected chi connectivity index (χ4v) is 2.19. The summed E-state index contributed by atoms with van der Waals surface area (Å²) < 4.78 is 20.7. The number of nitrogens with zero attached hydrogens (tertiary/aromatic N) is 2. The number of hydrogen-bond acceptors (Lipinski definition) is 8. The van der Waals surface area contributed by atoms with Gasteiger partial charge in [0.25, 0.3) is 5.91 Å². The van der Waals surface area contributed by atoms with E-state index in [1.807, 2.05) is 0 Å². The summed E-state index contributed by atoms with van der Waals surface area (Å²) >= 11 is 0. The van der Waals surface area contributed by atoms with Crippen molar-refractivity contribution < 1.29 is 28.5 Å². The van der Waals surface area contributed by atoms with E-state index >= 15 is 0 Å². The van der Waals surface area contributed by atoms with Gasteiger partial charge in [-0.3, -0.25) is 9.78 Å². The van der Waals surface area contributed by atoms with Crippen molar-refractivity contribution in [2.24, 2.45) is 0 Å². The Balaban J connectivity index is 1.91. The van der Waals surface area contributed by atoms with E-state index in [9.17, 15) is 9.59 Å². The lowest BCUT2D eigenvalue weighted by molar-refractivity contribution is -0.124. The zero-order valence-electron chi connectivity index (χ0n) is 15.6. The SMILES string of the molecule is COc1cc(CNC(=O)COC(=O)c2cnc(C)cn2)cc(OC)c1OC. The topological polar surface area (TPSA) is 109 Å². The number of esters is 1. The van der Waals surface area contributed by atoms with E-state index in [2.05, 4.69) is 15.3 Å². The highest BCUT2D eigenvalue weighted by atomic mass is 16.5. The van der Waals surface area contributed by atoms with Crippen molar-refractivity contribution in [2.75, 3.05) is 27.9 Å². The lowest BCUT2D eigenvalue weighted by Crippen LogP contribution is -2.28. The third kappa shape index (κ3) is 5.30. The maximum Gasteiger partial charge on any atom is 0.359 e. The Hall–Kier alpha value is -3.36. The van der Waals surface area contributed by atoms with Gasteiger partial charge in [-0.15, -0.1) is 0 Å². The summed E-state index contributed by atoms with van der Waals surface area (Å²) in [4.78, 5) is 31.6. The number of ether oxygens (including phenoxy) is 4. The van der Waals surface area contributed by atoms with Gasteiger partial charge in [-0.25, -0.2) is 9.78 Å². The number of rotatable bonds is 8. The summed E-state index contributed by atoms with van der Waals surface area (Å²) in [6.07, 6.45) is 2.74. The maximum atomic E-state index is 11.9. The predicted octanol–water partition coefficient (Wildman–Crippen LogP) is 1.28. The molecule has 27 heavy (non-hydrogen) atoms. The average molecular weight is 375 g/mol. The van der Waals surface area contributed by atoms with Crippen LogP contribution in [0.1, 0.15) is 21.7 Å². The van der Waals surface area contributed by atoms with E-state index in [1.54, 1.807) is 19.1 Å². The maximum absolute atomic E-state index is 11.9. The number of methoxy groups -OCH3 is 3. The normalized spacial score (nSPS) is 10.1. The lowest BCUT2D eigenvalue weighted by atomic mass is 10.1. The molecule has 144 valence electrons. The number of carbonyl (C=O) groups is 2. The quantitative estimate of drug-likeness (QED) is 0.688. The molecular weight excluding hydrogens is 354 g/mol. The molecule has 9 heteroatoms. The number of aromatic nitrogens is 2. The minimum Gasteiger partial charge on any atom is -0.493 e. The molecule has 1 aromatic heterocycles. The first-order chi connectivity index (χ1) is 13.0. The average Bonchev–Trinajstić information content (AvgIpc) is 2.69. The number of nitrogens with one attached hydrogen (secondary N) is 1. The molecule has 2 rings (SSSR count). The molecule has 9 nitrogen and oxygen atoms in total. The predicted molar refractivity (Wildman–Crippen MR) is 95.0 cm³/mol. The molecular formula is C18H21N3O6. The molecule has 0 aliphatic rings. The van der Waals surface area contributed by atoms with Crippen LogP contribution in [0.3, 0.4) is 0 Å². The number of hydrogen-bond donors (Lipinski definition) is 1. The molecule has 0 bridgehead atoms. The second-order valence-electron chi connectivity index (χ2n) is 5.43. The third-order valence-electron chi connectivity index (χ3n) is 3.54. The van der Waals surface area contributed by atoms with Crippen LogP contribution in [0.2, 0.25) is 0 Å². The number of carbonyl (C=O) groups excluding carboxylic acids is 2. The Labute approximate surface area is 156 Å². The Morgan fingerprint density at radius 3 is 2.19 bits per heavy atom. The third-order valence-corrected chi connectivity index (χ3v) is 3.54. The molecule has 0 fully saturated rings. The number of amides is 1. The molecule has 0 spiro atoms. The zero-order chi connectivity index (χ0) is 19.8. The van der Waals surface area contributed by atoms with Gasteiger partial charge in [0.2, 0.25) is 5.75 Å². The van der Waals surface area contributed by atoms with Crippen LogP contribution in [-0.2, 0) is 16.1 Å². The summed E-state index contributed by atoms with van der Waals surface area (Å²) in [7, 11) is 4.52. The highest BCUT2D eigenvalue weighted by Crippen LogP contribution is 2.38. The van der Waals surface area contributed by atoms with Gasteiger partial charge in [0.15, 0.2) is 23.8 Å². The second-order valence-corrected chi connectivity index (χ2v) is 5.43. The molecule has 0 saturated heterocycles. The first kappa shape index (κ1) is 20.0. The van der Waals surface area contributed by atoms with Crippen LogP contribution in [-0.4, -0.2) is 49.8 Å². The highest BCUT2D eigenvalue weighted by molar-refractivity contribution is 5.89. The first-order valence-electron chi connectivity index (χ1n) is 7.99. The minimum absolute atomic E-state index is 0.0398. The standard InChI is InChI=1S/C18H21N3O6/c1-11-7-20-13(9-19-11)18(23)27-10-16(22)21-8-12-5-14(24-2)17(26-4)15(6-12)25-3/h5-7,9H,8,10H2,1-4H3,(H,21,22). The van der Waals surface area contributed by atoms with Gasteiger partial charge < -0.3 is 24.3 Å². The number of aryl methyl sites for hydroxylation is 1. The van der Waals surface area contributed by atoms with E-state index in [0.29, 0.717) is 22.9 Å². The Kier molecular flexibility index (Phi) is 6.93. The summed E-state index contributed by atoms with van der Waals surface area (Å²) in [6, 6.07) is 3.44. The summed E-state index contributed by atoms with van der Waals surface area (Å²) in [5.41, 5.74) is 1.45. The van der Waals surface area contributed by atoms with Crippen LogP contribution < -0.4 is 19.5 Å². The van der Waals surface area contributed by atoms with Gasteiger partial charge in [-0.05, 0) is 24.6 Å². The van der Waals surface area contributed by atoms with E-state index in [1.165, 1.54) is 33.7 Å². The minimum atomic E-state index is -0.717. The Morgan fingerprint density at radius 1 is 1.00 bits per heavy atom. The lowest BCUT2D eigenvalue weighted by Gasteiger charge is -2.14. The largest absolute Gasteiger partial charge is 0.493 e. The van der Waals surface area contributed by atoms with Crippen molar-refractivity contribution in [1.29, 1.82) is 0 Å². The van der Waals surface area contributed by atoms with Gasteiger partial charge in [0, 0.05) is 12.7 Å². The van der Waals surface area contributed by atoms with Gasteiger partial charge in [0.1, 0.15) is 0 Å². The highest BCUT2D eigenvalue weighted by Gasteiger charge is 2.15. The summed E-state index contributed by atoms with van der Waals surface area (Å²) in [6.45, 7) is 1.51. The summed E-state index contributed by atoms with van der Waals surface area (Å²) in [5.74, 6) is 0.238. The van der Waals surface area contributed by atoms with E-state index in [4.69, 9.17) is 18.9 Å². The van der Waals surface area contributed by atoms with Crippen molar-refractivity contribution in [3.8, 4) is 17.2 Å². The van der Waals surface area contributed by atoms with Gasteiger partial charge >= 0.3 is 5.97 Å². The van der Waals surface area contributed by atoms with Crippen molar-refractivity contribution in [2.45, 2.75) is 13.5 Å². The molecule has 1 N–H and O–H groups in total. The first-order valence-corrected chi connectivity index (χ1v) is 7.99. The second kappa shape index (κ2) is 9.37. The van der Waals surface area contributed by atoms with Crippen molar-refractivity contribution >= 4 is 11.9 Å². The van der Waals surface area contributed by atoms with Crippen molar-refractivity contribution in [3.05, 3.63) is 41.5 Å². The molecule has 0 atom stereocenters. The zero-order valence-corrected chi connectivity index (χ0v) is 15.6. The van der Waals surface area contributed by atoms with Crippen LogP contribution in [0, 0.1) is 6.92 Å². The Bertz CT molecular complexity index is 782. The molecule has 1 heterocycles. The van der Waals surface area contributed by atoms with E-state index in [-0.39, 0.29) is 12.2 Å². The fourth-order valence-electron chi connectivity index (χ4n) is 2.19. The van der Waals surface area contributed by atoms with Gasteiger partial charge in [-0.2, -0.15) is 0 Å². The summed E-state index contributed by atoms with van der Waals surface area (Å²) in [5, 5.41) is 2.65. The molecule has 0 radical (unpaired) electrons. The van der Waals surface area contributed by atoms with E-state index in [0.717, 1.165) is 5.56 Å². The smallest absolute Gasteiger partial charge is 0.359 e. The molecule has 0 aliphatic heterocycles. The van der Waals surface area contributed by atoms with Crippen molar-refractivity contribution in [3.63, 3.8) is 0 Å². The van der Waals surface area contributed by atoms with Gasteiger partial charge in [-0.1, -0.05) is 0 Å². The van der Waals surface area contributed by atoms with Crippen LogP contribution in [0.15, 0.2) is 24.5 Å². The van der Waals surface area contributed by atoms with Crippen LogP contribution in [0.25, 0.3) is 0 Å². The molecule has 0 aliphatic carbocycles. The molecule has 1 aromatic carbocycles. The fraction of sp³-hybridized carbons (Fsp3) is 0.333. The van der Waals surface area contributed by atoms with Crippen LogP contribution >= 0.6 is 0 Å². The van der Waals surface area contributed by atoms with Gasteiger partial charge in [0.05, 0.1) is 33.2 Å².